The summed E-state index contributed by atoms with van der Waals surface area (Å²) in [6.07, 6.45) is 3.57. The quantitative estimate of drug-likeness (QED) is 0.913. The minimum Gasteiger partial charge on any atom is -0.456 e. The highest BCUT2D eigenvalue weighted by molar-refractivity contribution is 9.10. The normalized spacial score (nSPS) is 10.3. The number of pyridine rings is 1. The van der Waals surface area contributed by atoms with E-state index in [2.05, 4.69) is 33.2 Å². The third-order valence-electron chi connectivity index (χ3n) is 2.48. The standard InChI is InChI=1S/C14H15BrN2O/c1-2-16-9-11-10-17-8-7-13(11)18-14-6-4-3-5-12(14)15/h3-8,10,16H,2,9H2,1H3. The van der Waals surface area contributed by atoms with Gasteiger partial charge in [0.1, 0.15) is 11.5 Å². The van der Waals surface area contributed by atoms with Crippen LogP contribution in [0, 0.1) is 0 Å². The number of benzene rings is 1. The molecule has 0 amide bonds. The van der Waals surface area contributed by atoms with E-state index in [1.165, 1.54) is 0 Å². The van der Waals surface area contributed by atoms with Crippen molar-refractivity contribution in [2.24, 2.45) is 0 Å². The van der Waals surface area contributed by atoms with Crippen LogP contribution in [0.5, 0.6) is 11.5 Å². The van der Waals surface area contributed by atoms with Crippen molar-refractivity contribution in [2.75, 3.05) is 6.54 Å². The van der Waals surface area contributed by atoms with Crippen molar-refractivity contribution in [2.45, 2.75) is 13.5 Å². The lowest BCUT2D eigenvalue weighted by molar-refractivity contribution is 0.469. The highest BCUT2D eigenvalue weighted by Gasteiger charge is 2.06. The summed E-state index contributed by atoms with van der Waals surface area (Å²) < 4.78 is 6.85. The number of halogens is 1. The van der Waals surface area contributed by atoms with E-state index in [0.717, 1.165) is 34.6 Å². The molecule has 2 aromatic rings. The van der Waals surface area contributed by atoms with Crippen molar-refractivity contribution in [3.63, 3.8) is 0 Å². The van der Waals surface area contributed by atoms with Gasteiger partial charge in [-0.25, -0.2) is 0 Å². The van der Waals surface area contributed by atoms with Crippen molar-refractivity contribution in [1.82, 2.24) is 10.3 Å². The van der Waals surface area contributed by atoms with Gasteiger partial charge in [-0.2, -0.15) is 0 Å². The zero-order valence-corrected chi connectivity index (χ0v) is 11.8. The first-order chi connectivity index (χ1) is 8.81. The zero-order chi connectivity index (χ0) is 12.8. The molecule has 1 heterocycles. The molecule has 0 aliphatic carbocycles. The third-order valence-corrected chi connectivity index (χ3v) is 3.14. The largest absolute Gasteiger partial charge is 0.456 e. The summed E-state index contributed by atoms with van der Waals surface area (Å²) >= 11 is 3.47. The molecule has 1 aromatic heterocycles. The number of aromatic nitrogens is 1. The molecule has 0 aliphatic rings. The molecule has 94 valence electrons. The molecule has 0 unspecified atom stereocenters. The molecule has 0 spiro atoms. The number of para-hydroxylation sites is 1. The zero-order valence-electron chi connectivity index (χ0n) is 10.2. The Morgan fingerprint density at radius 1 is 1.22 bits per heavy atom. The molecule has 2 rings (SSSR count). The third kappa shape index (κ3) is 3.31. The van der Waals surface area contributed by atoms with Gasteiger partial charge in [0.25, 0.3) is 0 Å². The van der Waals surface area contributed by atoms with Crippen LogP contribution < -0.4 is 10.1 Å². The molecule has 4 heteroatoms. The van der Waals surface area contributed by atoms with Gasteiger partial charge in [-0.3, -0.25) is 4.98 Å². The number of hydrogen-bond donors (Lipinski definition) is 1. The van der Waals surface area contributed by atoms with Gasteiger partial charge in [0.2, 0.25) is 0 Å². The van der Waals surface area contributed by atoms with E-state index in [4.69, 9.17) is 4.74 Å². The summed E-state index contributed by atoms with van der Waals surface area (Å²) in [4.78, 5) is 4.13. The SMILES string of the molecule is CCNCc1cnccc1Oc1ccccc1Br. The maximum Gasteiger partial charge on any atom is 0.141 e. The summed E-state index contributed by atoms with van der Waals surface area (Å²) in [7, 11) is 0. The molecule has 1 N–H and O–H groups in total. The molecular weight excluding hydrogens is 292 g/mol. The molecule has 18 heavy (non-hydrogen) atoms. The van der Waals surface area contributed by atoms with Crippen LogP contribution >= 0.6 is 15.9 Å². The first-order valence-corrected chi connectivity index (χ1v) is 6.66. The fourth-order valence-electron chi connectivity index (χ4n) is 1.55. The van der Waals surface area contributed by atoms with Crippen molar-refractivity contribution in [3.05, 3.63) is 52.8 Å². The van der Waals surface area contributed by atoms with E-state index in [0.29, 0.717) is 0 Å². The Balaban J connectivity index is 2.21. The fourth-order valence-corrected chi connectivity index (χ4v) is 1.92. The highest BCUT2D eigenvalue weighted by atomic mass is 79.9. The Morgan fingerprint density at radius 2 is 2.06 bits per heavy atom. The second-order valence-corrected chi connectivity index (χ2v) is 4.65. The number of nitrogens with zero attached hydrogens (tertiary/aromatic N) is 1. The Bertz CT molecular complexity index is 517. The summed E-state index contributed by atoms with van der Waals surface area (Å²) in [6.45, 7) is 3.75. The van der Waals surface area contributed by atoms with Gasteiger partial charge in [0.15, 0.2) is 0 Å². The summed E-state index contributed by atoms with van der Waals surface area (Å²) in [6, 6.07) is 9.68. The number of hydrogen-bond acceptors (Lipinski definition) is 3. The van der Waals surface area contributed by atoms with Gasteiger partial charge in [-0.05, 0) is 40.7 Å². The maximum atomic E-state index is 5.91. The summed E-state index contributed by atoms with van der Waals surface area (Å²) in [5.41, 5.74) is 1.05. The predicted molar refractivity (Wildman–Crippen MR) is 75.8 cm³/mol. The van der Waals surface area contributed by atoms with E-state index >= 15 is 0 Å². The smallest absolute Gasteiger partial charge is 0.141 e. The highest BCUT2D eigenvalue weighted by Crippen LogP contribution is 2.30. The molecule has 0 aliphatic heterocycles. The van der Waals surface area contributed by atoms with E-state index < -0.39 is 0 Å². The molecule has 0 atom stereocenters. The Hall–Kier alpha value is -1.39. The van der Waals surface area contributed by atoms with Gasteiger partial charge < -0.3 is 10.1 Å². The van der Waals surface area contributed by atoms with Gasteiger partial charge in [-0.15, -0.1) is 0 Å². The van der Waals surface area contributed by atoms with Crippen molar-refractivity contribution in [1.29, 1.82) is 0 Å². The van der Waals surface area contributed by atoms with E-state index in [-0.39, 0.29) is 0 Å². The van der Waals surface area contributed by atoms with Crippen molar-refractivity contribution >= 4 is 15.9 Å². The lowest BCUT2D eigenvalue weighted by Gasteiger charge is -2.11. The Morgan fingerprint density at radius 3 is 2.83 bits per heavy atom. The lowest BCUT2D eigenvalue weighted by atomic mass is 10.2. The molecule has 0 fully saturated rings. The predicted octanol–water partition coefficient (Wildman–Crippen LogP) is 3.75. The van der Waals surface area contributed by atoms with E-state index in [9.17, 15) is 0 Å². The number of rotatable bonds is 5. The molecule has 0 radical (unpaired) electrons. The minimum atomic E-state index is 0.754. The Labute approximate surface area is 115 Å². The van der Waals surface area contributed by atoms with Gasteiger partial charge in [-0.1, -0.05) is 19.1 Å². The molecule has 3 nitrogen and oxygen atoms in total. The Kier molecular flexibility index (Phi) is 4.73. The molecule has 1 aromatic carbocycles. The van der Waals surface area contributed by atoms with Crippen LogP contribution in [-0.2, 0) is 6.54 Å². The molecule has 0 bridgehead atoms. The fraction of sp³-hybridized carbons (Fsp3) is 0.214. The van der Waals surface area contributed by atoms with Crippen LogP contribution in [0.15, 0.2) is 47.2 Å². The topological polar surface area (TPSA) is 34.2 Å². The second kappa shape index (κ2) is 6.52. The summed E-state index contributed by atoms with van der Waals surface area (Å²) in [5.74, 6) is 1.64. The average Bonchev–Trinajstić information content (AvgIpc) is 2.40. The van der Waals surface area contributed by atoms with E-state index in [1.54, 1.807) is 6.20 Å². The van der Waals surface area contributed by atoms with Crippen LogP contribution in [0.3, 0.4) is 0 Å². The molecular formula is C14H15BrN2O. The molecule has 0 saturated carbocycles. The minimum absolute atomic E-state index is 0.754. The van der Waals surface area contributed by atoms with Crippen LogP contribution in [0.1, 0.15) is 12.5 Å². The van der Waals surface area contributed by atoms with Crippen LogP contribution in [0.25, 0.3) is 0 Å². The van der Waals surface area contributed by atoms with Crippen LogP contribution in [0.2, 0.25) is 0 Å². The van der Waals surface area contributed by atoms with Crippen LogP contribution in [0.4, 0.5) is 0 Å². The number of nitrogens with one attached hydrogen (secondary N) is 1. The van der Waals surface area contributed by atoms with Gasteiger partial charge in [0.05, 0.1) is 4.47 Å². The first kappa shape index (κ1) is 13.1. The van der Waals surface area contributed by atoms with Gasteiger partial charge in [0, 0.05) is 24.5 Å². The second-order valence-electron chi connectivity index (χ2n) is 3.80. The molecule has 0 saturated heterocycles. The maximum absolute atomic E-state index is 5.91. The van der Waals surface area contributed by atoms with E-state index in [1.807, 2.05) is 36.5 Å². The van der Waals surface area contributed by atoms with Crippen molar-refractivity contribution < 1.29 is 4.74 Å². The summed E-state index contributed by atoms with van der Waals surface area (Å²) in [5, 5.41) is 3.27. The van der Waals surface area contributed by atoms with Crippen molar-refractivity contribution in [3.8, 4) is 11.5 Å². The first-order valence-electron chi connectivity index (χ1n) is 5.87. The average molecular weight is 307 g/mol. The number of ether oxygens (including phenoxy) is 1. The van der Waals surface area contributed by atoms with Crippen LogP contribution in [-0.4, -0.2) is 11.5 Å². The lowest BCUT2D eigenvalue weighted by Crippen LogP contribution is -2.12. The van der Waals surface area contributed by atoms with Gasteiger partial charge >= 0.3 is 0 Å². The monoisotopic (exact) mass is 306 g/mol.